The average molecular weight is 374 g/mol. The van der Waals surface area contributed by atoms with Gasteiger partial charge in [0.1, 0.15) is 11.5 Å². The van der Waals surface area contributed by atoms with Gasteiger partial charge in [0.15, 0.2) is 0 Å². The van der Waals surface area contributed by atoms with Gasteiger partial charge in [-0.25, -0.2) is 8.42 Å². The second-order valence-corrected chi connectivity index (χ2v) is 7.44. The molecule has 5 nitrogen and oxygen atoms in total. The Kier molecular flexibility index (Phi) is 5.67. The molecule has 0 spiro atoms. The van der Waals surface area contributed by atoms with Gasteiger partial charge < -0.3 is 9.47 Å². The zero-order valence-electron chi connectivity index (χ0n) is 12.8. The normalized spacial score (nSPS) is 11.1. The molecular formula is C15H16ClNO4S2. The summed E-state index contributed by atoms with van der Waals surface area (Å²) in [6.07, 6.45) is 1.92. The molecule has 0 radical (unpaired) electrons. The van der Waals surface area contributed by atoms with Crippen LogP contribution in [0, 0.1) is 0 Å². The maximum atomic E-state index is 12.5. The van der Waals surface area contributed by atoms with E-state index in [1.807, 2.05) is 6.26 Å². The van der Waals surface area contributed by atoms with Gasteiger partial charge in [-0.15, -0.1) is 11.8 Å². The summed E-state index contributed by atoms with van der Waals surface area (Å²) in [7, 11) is -0.838. The highest BCUT2D eigenvalue weighted by Gasteiger charge is 2.18. The van der Waals surface area contributed by atoms with Gasteiger partial charge in [0.2, 0.25) is 0 Å². The standard InChI is InChI=1S/C15H16ClNO4S2/c1-20-14-9-15(21-2)13(8-12(14)16)17-23(18,19)11-6-4-10(22-3)5-7-11/h4-9,17H,1-3H3. The molecule has 0 saturated carbocycles. The summed E-state index contributed by atoms with van der Waals surface area (Å²) in [6, 6.07) is 9.57. The first kappa shape index (κ1) is 17.8. The smallest absolute Gasteiger partial charge is 0.262 e. The Labute approximate surface area is 145 Å². The number of rotatable bonds is 6. The summed E-state index contributed by atoms with van der Waals surface area (Å²) in [4.78, 5) is 1.14. The third-order valence-electron chi connectivity index (χ3n) is 3.09. The molecule has 0 aliphatic carbocycles. The van der Waals surface area contributed by atoms with Crippen LogP contribution >= 0.6 is 23.4 Å². The van der Waals surface area contributed by atoms with Crippen LogP contribution < -0.4 is 14.2 Å². The fraction of sp³-hybridized carbons (Fsp3) is 0.200. The minimum Gasteiger partial charge on any atom is -0.495 e. The number of benzene rings is 2. The van der Waals surface area contributed by atoms with E-state index >= 15 is 0 Å². The Hall–Kier alpha value is -1.57. The Bertz CT molecular complexity index is 792. The molecule has 0 heterocycles. The van der Waals surface area contributed by atoms with E-state index in [0.29, 0.717) is 11.5 Å². The molecule has 8 heteroatoms. The largest absolute Gasteiger partial charge is 0.495 e. The van der Waals surface area contributed by atoms with E-state index in [1.54, 1.807) is 24.3 Å². The first-order valence-corrected chi connectivity index (χ1v) is 9.58. The summed E-state index contributed by atoms with van der Waals surface area (Å²) < 4.78 is 37.7. The number of ether oxygens (including phenoxy) is 2. The van der Waals surface area contributed by atoms with Crippen LogP contribution in [-0.4, -0.2) is 28.9 Å². The minimum absolute atomic E-state index is 0.157. The molecule has 0 saturated heterocycles. The van der Waals surface area contributed by atoms with Gasteiger partial charge in [-0.2, -0.15) is 0 Å². The highest BCUT2D eigenvalue weighted by atomic mass is 35.5. The Morgan fingerprint density at radius 2 is 1.65 bits per heavy atom. The molecule has 0 aromatic heterocycles. The van der Waals surface area contributed by atoms with Crippen LogP contribution in [0.5, 0.6) is 11.5 Å². The van der Waals surface area contributed by atoms with Crippen LogP contribution in [0.3, 0.4) is 0 Å². The molecule has 23 heavy (non-hydrogen) atoms. The van der Waals surface area contributed by atoms with Crippen LogP contribution in [0.15, 0.2) is 46.2 Å². The van der Waals surface area contributed by atoms with Crippen molar-refractivity contribution in [2.45, 2.75) is 9.79 Å². The molecule has 0 aliphatic heterocycles. The molecule has 0 amide bonds. The van der Waals surface area contributed by atoms with E-state index in [1.165, 1.54) is 38.1 Å². The predicted molar refractivity (Wildman–Crippen MR) is 93.6 cm³/mol. The van der Waals surface area contributed by atoms with E-state index in [2.05, 4.69) is 4.72 Å². The quantitative estimate of drug-likeness (QED) is 0.778. The lowest BCUT2D eigenvalue weighted by molar-refractivity contribution is 0.396. The van der Waals surface area contributed by atoms with Crippen molar-refractivity contribution in [3.8, 4) is 11.5 Å². The summed E-state index contributed by atoms with van der Waals surface area (Å²) in [5.41, 5.74) is 0.243. The van der Waals surface area contributed by atoms with Crippen LogP contribution in [0.25, 0.3) is 0 Å². The van der Waals surface area contributed by atoms with Crippen molar-refractivity contribution in [3.05, 3.63) is 41.4 Å². The predicted octanol–water partition coefficient (Wildman–Crippen LogP) is 3.88. The number of anilines is 1. The fourth-order valence-corrected chi connectivity index (χ4v) is 3.61. The Morgan fingerprint density at radius 3 is 2.17 bits per heavy atom. The van der Waals surface area contributed by atoms with Crippen molar-refractivity contribution in [1.82, 2.24) is 0 Å². The molecule has 2 aromatic rings. The molecule has 0 atom stereocenters. The molecule has 0 aliphatic rings. The first-order chi connectivity index (χ1) is 10.9. The van der Waals surface area contributed by atoms with Crippen LogP contribution in [-0.2, 0) is 10.0 Å². The zero-order valence-corrected chi connectivity index (χ0v) is 15.2. The van der Waals surface area contributed by atoms with E-state index < -0.39 is 10.0 Å². The molecule has 0 unspecified atom stereocenters. The van der Waals surface area contributed by atoms with Crippen LogP contribution in [0.2, 0.25) is 5.02 Å². The summed E-state index contributed by atoms with van der Waals surface area (Å²) in [5, 5.41) is 0.281. The average Bonchev–Trinajstić information content (AvgIpc) is 2.55. The number of methoxy groups -OCH3 is 2. The second kappa shape index (κ2) is 7.33. The summed E-state index contributed by atoms with van der Waals surface area (Å²) >= 11 is 7.59. The second-order valence-electron chi connectivity index (χ2n) is 4.47. The fourth-order valence-electron chi connectivity index (χ4n) is 1.90. The lowest BCUT2D eigenvalue weighted by Crippen LogP contribution is -2.13. The van der Waals surface area contributed by atoms with Gasteiger partial charge in [-0.3, -0.25) is 4.72 Å². The minimum atomic E-state index is -3.75. The van der Waals surface area contributed by atoms with Crippen molar-refractivity contribution in [2.75, 3.05) is 25.2 Å². The molecule has 2 rings (SSSR count). The van der Waals surface area contributed by atoms with Gasteiger partial charge in [0, 0.05) is 11.0 Å². The van der Waals surface area contributed by atoms with Crippen molar-refractivity contribution in [3.63, 3.8) is 0 Å². The highest BCUT2D eigenvalue weighted by Crippen LogP contribution is 2.37. The first-order valence-electron chi connectivity index (χ1n) is 6.49. The van der Waals surface area contributed by atoms with Crippen molar-refractivity contribution >= 4 is 39.1 Å². The van der Waals surface area contributed by atoms with E-state index in [4.69, 9.17) is 21.1 Å². The highest BCUT2D eigenvalue weighted by molar-refractivity contribution is 7.98. The van der Waals surface area contributed by atoms with Gasteiger partial charge >= 0.3 is 0 Å². The van der Waals surface area contributed by atoms with E-state index in [9.17, 15) is 8.42 Å². The summed E-state index contributed by atoms with van der Waals surface area (Å²) in [5.74, 6) is 0.714. The SMILES string of the molecule is COc1cc(OC)c(NS(=O)(=O)c2ccc(SC)cc2)cc1Cl. The lowest BCUT2D eigenvalue weighted by Gasteiger charge is -2.14. The molecule has 0 fully saturated rings. The number of hydrogen-bond acceptors (Lipinski definition) is 5. The van der Waals surface area contributed by atoms with Gasteiger partial charge in [0.05, 0.1) is 29.8 Å². The molecule has 124 valence electrons. The third-order valence-corrected chi connectivity index (χ3v) is 5.51. The molecule has 1 N–H and O–H groups in total. The topological polar surface area (TPSA) is 64.6 Å². The van der Waals surface area contributed by atoms with Crippen molar-refractivity contribution in [2.24, 2.45) is 0 Å². The third kappa shape index (κ3) is 4.04. The Morgan fingerprint density at radius 1 is 1.04 bits per heavy atom. The monoisotopic (exact) mass is 373 g/mol. The van der Waals surface area contributed by atoms with E-state index in [0.717, 1.165) is 4.90 Å². The van der Waals surface area contributed by atoms with Crippen LogP contribution in [0.4, 0.5) is 5.69 Å². The van der Waals surface area contributed by atoms with Crippen LogP contribution in [0.1, 0.15) is 0 Å². The van der Waals surface area contributed by atoms with Gasteiger partial charge in [-0.05, 0) is 36.6 Å². The number of hydrogen-bond donors (Lipinski definition) is 1. The van der Waals surface area contributed by atoms with Gasteiger partial charge in [-0.1, -0.05) is 11.6 Å². The molecule has 2 aromatic carbocycles. The zero-order chi connectivity index (χ0) is 17.0. The Balaban J connectivity index is 2.38. The lowest BCUT2D eigenvalue weighted by atomic mass is 10.3. The number of halogens is 1. The molecule has 0 bridgehead atoms. The number of nitrogens with one attached hydrogen (secondary N) is 1. The number of sulfonamides is 1. The number of thioether (sulfide) groups is 1. The maximum absolute atomic E-state index is 12.5. The molecular weight excluding hydrogens is 358 g/mol. The van der Waals surface area contributed by atoms with Crippen molar-refractivity contribution in [1.29, 1.82) is 0 Å². The van der Waals surface area contributed by atoms with Gasteiger partial charge in [0.25, 0.3) is 10.0 Å². The van der Waals surface area contributed by atoms with E-state index in [-0.39, 0.29) is 15.6 Å². The summed E-state index contributed by atoms with van der Waals surface area (Å²) in [6.45, 7) is 0. The van der Waals surface area contributed by atoms with Crippen molar-refractivity contribution < 1.29 is 17.9 Å². The maximum Gasteiger partial charge on any atom is 0.262 e.